The molecule has 3 rings (SSSR count). The van der Waals surface area contributed by atoms with Gasteiger partial charge in [0.15, 0.2) is 5.65 Å². The van der Waals surface area contributed by atoms with E-state index in [1.54, 1.807) is 4.52 Å². The molecule has 1 amide bonds. The number of aromatic nitrogens is 3. The molecule has 1 aliphatic rings. The third kappa shape index (κ3) is 2.93. The Balaban J connectivity index is 1.85. The number of rotatable bonds is 5. The number of halogens is 1. The highest BCUT2D eigenvalue weighted by atomic mass is 35.5. The second kappa shape index (κ2) is 6.28. The van der Waals surface area contributed by atoms with E-state index in [1.165, 1.54) is 19.0 Å². The van der Waals surface area contributed by atoms with Crippen LogP contribution in [0.2, 0.25) is 0 Å². The van der Waals surface area contributed by atoms with Gasteiger partial charge in [-0.1, -0.05) is 0 Å². The number of hydrogen-bond acceptors (Lipinski definition) is 5. The molecule has 21 heavy (non-hydrogen) atoms. The first-order valence-corrected chi connectivity index (χ1v) is 7.40. The largest absolute Gasteiger partial charge is 0.357 e. The first kappa shape index (κ1) is 14.1. The van der Waals surface area contributed by atoms with Crippen LogP contribution in [0.4, 0.5) is 5.82 Å². The van der Waals surface area contributed by atoms with Gasteiger partial charge in [0.25, 0.3) is 5.91 Å². The van der Waals surface area contributed by atoms with Crippen LogP contribution in [0.1, 0.15) is 23.2 Å². The molecule has 0 unspecified atom stereocenters. The first-order valence-electron chi connectivity index (χ1n) is 6.87. The zero-order valence-electron chi connectivity index (χ0n) is 11.5. The van der Waals surface area contributed by atoms with Gasteiger partial charge in [0.2, 0.25) is 0 Å². The number of nitrogens with zero attached hydrogens (tertiary/aromatic N) is 4. The summed E-state index contributed by atoms with van der Waals surface area (Å²) in [6, 6.07) is 1.91. The van der Waals surface area contributed by atoms with Gasteiger partial charge in [-0.3, -0.25) is 9.63 Å². The van der Waals surface area contributed by atoms with Gasteiger partial charge in [0.1, 0.15) is 11.4 Å². The van der Waals surface area contributed by atoms with Crippen molar-refractivity contribution < 1.29 is 9.63 Å². The number of fused-ring (bicyclic) bond motifs is 1. The van der Waals surface area contributed by atoms with Crippen LogP contribution in [0, 0.1) is 0 Å². The van der Waals surface area contributed by atoms with Crippen LogP contribution in [0.3, 0.4) is 0 Å². The van der Waals surface area contributed by atoms with Gasteiger partial charge in [-0.05, 0) is 18.9 Å². The summed E-state index contributed by atoms with van der Waals surface area (Å²) in [5.74, 6) is 0.810. The van der Waals surface area contributed by atoms with Gasteiger partial charge in [-0.25, -0.2) is 15.0 Å². The van der Waals surface area contributed by atoms with Crippen LogP contribution in [0.25, 0.3) is 5.65 Å². The highest BCUT2D eigenvalue weighted by molar-refractivity contribution is 6.18. The zero-order valence-corrected chi connectivity index (χ0v) is 12.2. The Bertz CT molecular complexity index is 639. The van der Waals surface area contributed by atoms with Gasteiger partial charge in [0, 0.05) is 25.2 Å². The average Bonchev–Trinajstić information content (AvgIpc) is 3.16. The molecule has 0 atom stereocenters. The third-order valence-corrected chi connectivity index (χ3v) is 3.53. The summed E-state index contributed by atoms with van der Waals surface area (Å²) >= 11 is 5.49. The molecular formula is C13H16ClN5O2. The summed E-state index contributed by atoms with van der Waals surface area (Å²) < 4.78 is 1.58. The lowest BCUT2D eigenvalue weighted by atomic mass is 10.3. The Morgan fingerprint density at radius 2 is 2.24 bits per heavy atom. The number of carbonyl (C=O) groups excluding carboxylic acids is 1. The monoisotopic (exact) mass is 309 g/mol. The molecule has 2 aromatic rings. The Labute approximate surface area is 126 Å². The van der Waals surface area contributed by atoms with Crippen LogP contribution in [-0.4, -0.2) is 46.1 Å². The van der Waals surface area contributed by atoms with Crippen LogP contribution in [-0.2, 0) is 4.84 Å². The topological polar surface area (TPSA) is 71.8 Å². The molecule has 3 heterocycles. The van der Waals surface area contributed by atoms with Crippen molar-refractivity contribution in [3.8, 4) is 0 Å². The maximum Gasteiger partial charge on any atom is 0.280 e. The van der Waals surface area contributed by atoms with Crippen LogP contribution in [0.5, 0.6) is 0 Å². The predicted molar refractivity (Wildman–Crippen MR) is 78.6 cm³/mol. The fourth-order valence-corrected chi connectivity index (χ4v) is 2.43. The maximum absolute atomic E-state index is 12.0. The smallest absolute Gasteiger partial charge is 0.280 e. The molecule has 0 aliphatic carbocycles. The number of nitrogens with one attached hydrogen (secondary N) is 1. The lowest BCUT2D eigenvalue weighted by Crippen LogP contribution is -2.25. The third-order valence-electron chi connectivity index (χ3n) is 3.37. The van der Waals surface area contributed by atoms with Crippen LogP contribution < -0.4 is 10.4 Å². The average molecular weight is 310 g/mol. The van der Waals surface area contributed by atoms with Gasteiger partial charge in [0.05, 0.1) is 12.8 Å². The second-order valence-electron chi connectivity index (χ2n) is 4.77. The highest BCUT2D eigenvalue weighted by Crippen LogP contribution is 2.19. The van der Waals surface area contributed by atoms with Crippen molar-refractivity contribution in [2.75, 3.05) is 30.5 Å². The lowest BCUT2D eigenvalue weighted by Gasteiger charge is -2.16. The minimum absolute atomic E-state index is 0.249. The van der Waals surface area contributed by atoms with E-state index in [-0.39, 0.29) is 12.5 Å². The summed E-state index contributed by atoms with van der Waals surface area (Å²) in [4.78, 5) is 23.7. The summed E-state index contributed by atoms with van der Waals surface area (Å²) in [6.45, 7) is 2.24. The van der Waals surface area contributed by atoms with Crippen molar-refractivity contribution in [1.29, 1.82) is 0 Å². The summed E-state index contributed by atoms with van der Waals surface area (Å²) in [6.07, 6.45) is 5.64. The molecule has 112 valence electrons. The predicted octanol–water partition coefficient (Wildman–Crippen LogP) is 1.23. The minimum Gasteiger partial charge on any atom is -0.357 e. The Kier molecular flexibility index (Phi) is 4.21. The van der Waals surface area contributed by atoms with Gasteiger partial charge >= 0.3 is 0 Å². The fraction of sp³-hybridized carbons (Fsp3) is 0.462. The Morgan fingerprint density at radius 3 is 3.00 bits per heavy atom. The van der Waals surface area contributed by atoms with Crippen molar-refractivity contribution in [3.63, 3.8) is 0 Å². The van der Waals surface area contributed by atoms with Crippen molar-refractivity contribution in [3.05, 3.63) is 24.0 Å². The molecule has 1 saturated heterocycles. The number of hydroxylamine groups is 1. The van der Waals surface area contributed by atoms with E-state index < -0.39 is 0 Å². The molecule has 7 nitrogen and oxygen atoms in total. The zero-order chi connectivity index (χ0) is 14.7. The summed E-state index contributed by atoms with van der Waals surface area (Å²) in [7, 11) is 0. The number of amides is 1. The van der Waals surface area contributed by atoms with E-state index in [0.29, 0.717) is 17.1 Å². The summed E-state index contributed by atoms with van der Waals surface area (Å²) in [5.41, 5.74) is 3.24. The molecule has 1 fully saturated rings. The quantitative estimate of drug-likeness (QED) is 0.511. The normalized spacial score (nSPS) is 14.8. The number of hydrogen-bond donors (Lipinski definition) is 1. The Morgan fingerprint density at radius 1 is 1.43 bits per heavy atom. The van der Waals surface area contributed by atoms with E-state index in [9.17, 15) is 4.79 Å². The van der Waals surface area contributed by atoms with E-state index in [0.717, 1.165) is 18.9 Å². The molecule has 0 bridgehead atoms. The van der Waals surface area contributed by atoms with Crippen molar-refractivity contribution in [1.82, 2.24) is 20.1 Å². The molecule has 8 heteroatoms. The Hall–Kier alpha value is -1.86. The molecule has 0 saturated carbocycles. The van der Waals surface area contributed by atoms with Crippen LogP contribution >= 0.6 is 11.6 Å². The molecule has 0 aromatic carbocycles. The second-order valence-corrected chi connectivity index (χ2v) is 5.15. The van der Waals surface area contributed by atoms with Crippen molar-refractivity contribution in [2.45, 2.75) is 12.8 Å². The number of alkyl halides is 1. The summed E-state index contributed by atoms with van der Waals surface area (Å²) in [5, 5.41) is 4.13. The first-order chi connectivity index (χ1) is 10.3. The van der Waals surface area contributed by atoms with Gasteiger partial charge in [-0.2, -0.15) is 5.10 Å². The van der Waals surface area contributed by atoms with Crippen molar-refractivity contribution in [2.24, 2.45) is 0 Å². The highest BCUT2D eigenvalue weighted by Gasteiger charge is 2.18. The lowest BCUT2D eigenvalue weighted by molar-refractivity contribution is 0.0373. The molecular weight excluding hydrogens is 294 g/mol. The van der Waals surface area contributed by atoms with E-state index in [4.69, 9.17) is 16.4 Å². The van der Waals surface area contributed by atoms with E-state index in [1.807, 2.05) is 12.3 Å². The van der Waals surface area contributed by atoms with Gasteiger partial charge < -0.3 is 4.90 Å². The fourth-order valence-electron chi connectivity index (χ4n) is 2.35. The SMILES string of the molecule is O=C(NOCCCl)c1cnn2ccc(N3CCCC3)nc12. The number of carbonyl (C=O) groups is 1. The maximum atomic E-state index is 12.0. The molecule has 1 N–H and O–H groups in total. The van der Waals surface area contributed by atoms with Gasteiger partial charge in [-0.15, -0.1) is 11.6 Å². The van der Waals surface area contributed by atoms with E-state index >= 15 is 0 Å². The minimum atomic E-state index is -0.374. The standard InChI is InChI=1S/C13H16ClN5O2/c14-4-8-21-17-13(20)10-9-15-19-7-3-11(16-12(10)19)18-5-1-2-6-18/h3,7,9H,1-2,4-6,8H2,(H,17,20). The molecule has 0 radical (unpaired) electrons. The molecule has 0 spiro atoms. The molecule has 1 aliphatic heterocycles. The van der Waals surface area contributed by atoms with Crippen molar-refractivity contribution >= 4 is 29.0 Å². The molecule has 2 aromatic heterocycles. The van der Waals surface area contributed by atoms with Crippen LogP contribution in [0.15, 0.2) is 18.5 Å². The van der Waals surface area contributed by atoms with E-state index in [2.05, 4.69) is 20.5 Å². The number of anilines is 1.